The summed E-state index contributed by atoms with van der Waals surface area (Å²) in [6.45, 7) is 3.26. The Morgan fingerprint density at radius 3 is 2.72 bits per heavy atom. The maximum atomic E-state index is 12.5. The molecular weight excluding hydrogens is 320 g/mol. The van der Waals surface area contributed by atoms with Crippen LogP contribution in [0, 0.1) is 6.92 Å². The summed E-state index contributed by atoms with van der Waals surface area (Å²) in [4.78, 5) is 33.3. The number of hydrogen-bond acceptors (Lipinski definition) is 5. The van der Waals surface area contributed by atoms with E-state index in [4.69, 9.17) is 4.74 Å². The van der Waals surface area contributed by atoms with Gasteiger partial charge in [0.25, 0.3) is 11.5 Å². The van der Waals surface area contributed by atoms with E-state index in [0.717, 1.165) is 25.9 Å². The van der Waals surface area contributed by atoms with E-state index in [-0.39, 0.29) is 17.5 Å². The molecule has 1 aromatic heterocycles. The fourth-order valence-corrected chi connectivity index (χ4v) is 3.04. The van der Waals surface area contributed by atoms with Crippen LogP contribution in [0.4, 0.5) is 5.95 Å². The summed E-state index contributed by atoms with van der Waals surface area (Å²) >= 11 is 0. The zero-order chi connectivity index (χ0) is 17.8. The zero-order valence-corrected chi connectivity index (χ0v) is 14.4. The third kappa shape index (κ3) is 3.99. The van der Waals surface area contributed by atoms with Gasteiger partial charge in [-0.2, -0.15) is 0 Å². The lowest BCUT2D eigenvalue weighted by Gasteiger charge is -2.32. The molecule has 132 valence electrons. The van der Waals surface area contributed by atoms with Gasteiger partial charge in [0, 0.05) is 30.9 Å². The molecule has 0 unspecified atom stereocenters. The number of rotatable bonds is 4. The van der Waals surface area contributed by atoms with E-state index >= 15 is 0 Å². The number of aryl methyl sites for hydroxylation is 1. The maximum Gasteiger partial charge on any atom is 0.255 e. The van der Waals surface area contributed by atoms with Crippen molar-refractivity contribution in [3.63, 3.8) is 0 Å². The molecular formula is C18H22N4O3. The molecule has 0 bridgehead atoms. The Balaban J connectivity index is 1.61. The van der Waals surface area contributed by atoms with Gasteiger partial charge in [-0.1, -0.05) is 12.1 Å². The van der Waals surface area contributed by atoms with Gasteiger partial charge < -0.3 is 15.0 Å². The van der Waals surface area contributed by atoms with Crippen LogP contribution in [-0.2, 0) is 0 Å². The molecule has 0 aliphatic carbocycles. The van der Waals surface area contributed by atoms with Crippen molar-refractivity contribution in [1.29, 1.82) is 0 Å². The van der Waals surface area contributed by atoms with Crippen LogP contribution in [0.5, 0.6) is 5.75 Å². The van der Waals surface area contributed by atoms with E-state index in [1.165, 1.54) is 6.07 Å². The number of hydrogen-bond donors (Lipinski definition) is 2. The molecule has 2 N–H and O–H groups in total. The predicted molar refractivity (Wildman–Crippen MR) is 95.3 cm³/mol. The highest BCUT2D eigenvalue weighted by Gasteiger charge is 2.23. The molecule has 0 atom stereocenters. The minimum absolute atomic E-state index is 0.0881. The summed E-state index contributed by atoms with van der Waals surface area (Å²) in [6, 6.07) is 8.75. The molecule has 2 heterocycles. The Hall–Kier alpha value is -2.83. The summed E-state index contributed by atoms with van der Waals surface area (Å²) in [5, 5.41) is 3.07. The van der Waals surface area contributed by atoms with Crippen LogP contribution < -0.4 is 20.5 Å². The zero-order valence-electron chi connectivity index (χ0n) is 14.4. The number of nitrogens with zero attached hydrogens (tertiary/aromatic N) is 2. The molecule has 2 aromatic rings. The summed E-state index contributed by atoms with van der Waals surface area (Å²) in [6.07, 6.45) is 1.58. The number of amides is 1. The normalized spacial score (nSPS) is 15.0. The molecule has 1 aliphatic heterocycles. The molecule has 7 heteroatoms. The van der Waals surface area contributed by atoms with Crippen molar-refractivity contribution in [2.75, 3.05) is 25.1 Å². The monoisotopic (exact) mass is 342 g/mol. The number of methoxy groups -OCH3 is 1. The minimum Gasteiger partial charge on any atom is -0.496 e. The summed E-state index contributed by atoms with van der Waals surface area (Å²) in [5.41, 5.74) is 1.09. The van der Waals surface area contributed by atoms with Crippen LogP contribution in [0.2, 0.25) is 0 Å². The molecule has 0 saturated carbocycles. The van der Waals surface area contributed by atoms with E-state index in [1.807, 2.05) is 17.0 Å². The van der Waals surface area contributed by atoms with Crippen molar-refractivity contribution in [2.45, 2.75) is 25.8 Å². The molecule has 7 nitrogen and oxygen atoms in total. The number of para-hydroxylation sites is 1. The Morgan fingerprint density at radius 2 is 2.04 bits per heavy atom. The molecule has 0 spiro atoms. The quantitative estimate of drug-likeness (QED) is 0.879. The van der Waals surface area contributed by atoms with Gasteiger partial charge in [-0.3, -0.25) is 14.6 Å². The average Bonchev–Trinajstić information content (AvgIpc) is 2.61. The topological polar surface area (TPSA) is 87.3 Å². The highest BCUT2D eigenvalue weighted by molar-refractivity contribution is 5.97. The van der Waals surface area contributed by atoms with Crippen LogP contribution in [-0.4, -0.2) is 42.1 Å². The van der Waals surface area contributed by atoms with Crippen LogP contribution in [0.25, 0.3) is 0 Å². The van der Waals surface area contributed by atoms with Crippen LogP contribution in [0.3, 0.4) is 0 Å². The number of benzene rings is 1. The fourth-order valence-electron chi connectivity index (χ4n) is 3.04. The standard InChI is InChI=1S/C18H22N4O3/c1-12-11-16(23)21-18(19-12)22-9-7-13(8-10-22)20-17(24)14-5-3-4-6-15(14)25-2/h3-6,11,13H,7-10H2,1-2H3,(H,20,24)(H,19,21,23). The second kappa shape index (κ2) is 7.38. The van der Waals surface area contributed by atoms with Gasteiger partial charge in [0.1, 0.15) is 5.75 Å². The fraction of sp³-hybridized carbons (Fsp3) is 0.389. The number of carbonyl (C=O) groups excluding carboxylic acids is 1. The number of aromatic amines is 1. The van der Waals surface area contributed by atoms with Gasteiger partial charge in [0.05, 0.1) is 12.7 Å². The third-order valence-corrected chi connectivity index (χ3v) is 4.34. The van der Waals surface area contributed by atoms with Gasteiger partial charge in [-0.15, -0.1) is 0 Å². The van der Waals surface area contributed by atoms with E-state index in [1.54, 1.807) is 26.2 Å². The molecule has 1 aromatic carbocycles. The number of ether oxygens (including phenoxy) is 1. The number of carbonyl (C=O) groups is 1. The van der Waals surface area contributed by atoms with Crippen LogP contribution >= 0.6 is 0 Å². The van der Waals surface area contributed by atoms with Crippen molar-refractivity contribution in [3.05, 3.63) is 51.9 Å². The first kappa shape index (κ1) is 17.0. The van der Waals surface area contributed by atoms with Gasteiger partial charge >= 0.3 is 0 Å². The van der Waals surface area contributed by atoms with Crippen molar-refractivity contribution in [1.82, 2.24) is 15.3 Å². The minimum atomic E-state index is -0.144. The highest BCUT2D eigenvalue weighted by atomic mass is 16.5. The third-order valence-electron chi connectivity index (χ3n) is 4.34. The molecule has 1 aliphatic rings. The SMILES string of the molecule is COc1ccccc1C(=O)NC1CCN(c2nc(C)cc(=O)[nH]2)CC1. The molecule has 1 saturated heterocycles. The number of aromatic nitrogens is 2. The summed E-state index contributed by atoms with van der Waals surface area (Å²) < 4.78 is 5.24. The van der Waals surface area contributed by atoms with E-state index < -0.39 is 0 Å². The van der Waals surface area contributed by atoms with Crippen LogP contribution in [0.15, 0.2) is 35.1 Å². The first-order valence-electron chi connectivity index (χ1n) is 8.33. The summed E-state index contributed by atoms with van der Waals surface area (Å²) in [5.74, 6) is 1.04. The van der Waals surface area contributed by atoms with Crippen molar-refractivity contribution in [2.24, 2.45) is 0 Å². The van der Waals surface area contributed by atoms with E-state index in [2.05, 4.69) is 15.3 Å². The maximum absolute atomic E-state index is 12.5. The number of nitrogens with one attached hydrogen (secondary N) is 2. The number of H-pyrrole nitrogens is 1. The lowest BCUT2D eigenvalue weighted by Crippen LogP contribution is -2.45. The Kier molecular flexibility index (Phi) is 5.02. The number of piperidine rings is 1. The first-order chi connectivity index (χ1) is 12.1. The van der Waals surface area contributed by atoms with E-state index in [0.29, 0.717) is 23.0 Å². The van der Waals surface area contributed by atoms with Gasteiger partial charge in [-0.05, 0) is 31.9 Å². The smallest absolute Gasteiger partial charge is 0.255 e. The van der Waals surface area contributed by atoms with Crippen molar-refractivity contribution >= 4 is 11.9 Å². The predicted octanol–water partition coefficient (Wildman–Crippen LogP) is 1.49. The Morgan fingerprint density at radius 1 is 1.32 bits per heavy atom. The van der Waals surface area contributed by atoms with Crippen molar-refractivity contribution in [3.8, 4) is 5.75 Å². The van der Waals surface area contributed by atoms with Gasteiger partial charge in [-0.25, -0.2) is 4.98 Å². The largest absolute Gasteiger partial charge is 0.496 e. The molecule has 25 heavy (non-hydrogen) atoms. The van der Waals surface area contributed by atoms with Gasteiger partial charge in [0.2, 0.25) is 5.95 Å². The van der Waals surface area contributed by atoms with Crippen molar-refractivity contribution < 1.29 is 9.53 Å². The van der Waals surface area contributed by atoms with Gasteiger partial charge in [0.15, 0.2) is 0 Å². The Bertz CT molecular complexity index is 810. The van der Waals surface area contributed by atoms with E-state index in [9.17, 15) is 9.59 Å². The first-order valence-corrected chi connectivity index (χ1v) is 8.33. The lowest BCUT2D eigenvalue weighted by molar-refractivity contribution is 0.0928. The van der Waals surface area contributed by atoms with Crippen LogP contribution in [0.1, 0.15) is 28.9 Å². The highest BCUT2D eigenvalue weighted by Crippen LogP contribution is 2.19. The molecule has 1 amide bonds. The Labute approximate surface area is 146 Å². The second-order valence-corrected chi connectivity index (χ2v) is 6.15. The molecule has 1 fully saturated rings. The number of anilines is 1. The second-order valence-electron chi connectivity index (χ2n) is 6.15. The molecule has 3 rings (SSSR count). The molecule has 0 radical (unpaired) electrons. The average molecular weight is 342 g/mol. The summed E-state index contributed by atoms with van der Waals surface area (Å²) in [7, 11) is 1.56. The lowest BCUT2D eigenvalue weighted by atomic mass is 10.0.